The molecule has 8 heteroatoms. The molecule has 0 aliphatic carbocycles. The van der Waals surface area contributed by atoms with Gasteiger partial charge in [0.1, 0.15) is 0 Å². The minimum Gasteiger partial charge on any atom is -0.467 e. The van der Waals surface area contributed by atoms with Crippen LogP contribution in [0, 0.1) is 0 Å². The van der Waals surface area contributed by atoms with Crippen molar-refractivity contribution in [1.82, 2.24) is 24.8 Å². The van der Waals surface area contributed by atoms with Gasteiger partial charge in [0.15, 0.2) is 5.82 Å². The second-order valence-electron chi connectivity index (χ2n) is 5.68. The first-order chi connectivity index (χ1) is 11.6. The topological polar surface area (TPSA) is 97.5 Å². The SMILES string of the molecule is COc1nc(N)nc(-c2ccc(C(=O)N3CCN(C)CC3)cc2)n1. The number of carbonyl (C=O) groups is 1. The Balaban J connectivity index is 1.78. The maximum Gasteiger partial charge on any atom is 0.321 e. The molecule has 0 atom stereocenters. The number of anilines is 1. The number of piperazine rings is 1. The van der Waals surface area contributed by atoms with Crippen LogP contribution in [0.4, 0.5) is 5.95 Å². The fourth-order valence-electron chi connectivity index (χ4n) is 2.55. The summed E-state index contributed by atoms with van der Waals surface area (Å²) in [5.74, 6) is 0.551. The van der Waals surface area contributed by atoms with Crippen LogP contribution in [0.2, 0.25) is 0 Å². The molecule has 2 heterocycles. The minimum atomic E-state index is 0.0439. The Bertz CT molecular complexity index is 726. The first-order valence-electron chi connectivity index (χ1n) is 7.70. The number of nitrogens with two attached hydrogens (primary N) is 1. The van der Waals surface area contributed by atoms with E-state index in [0.29, 0.717) is 11.4 Å². The second kappa shape index (κ2) is 6.79. The summed E-state index contributed by atoms with van der Waals surface area (Å²) in [7, 11) is 3.53. The molecule has 1 aliphatic rings. The number of ether oxygens (including phenoxy) is 1. The van der Waals surface area contributed by atoms with Crippen LogP contribution in [-0.4, -0.2) is 71.0 Å². The molecule has 2 aromatic rings. The van der Waals surface area contributed by atoms with Gasteiger partial charge in [-0.1, -0.05) is 12.1 Å². The molecule has 0 unspecified atom stereocenters. The Hall–Kier alpha value is -2.74. The summed E-state index contributed by atoms with van der Waals surface area (Å²) in [4.78, 5) is 28.8. The predicted octanol–water partition coefficient (Wildman–Crippen LogP) is 0.517. The highest BCUT2D eigenvalue weighted by atomic mass is 16.5. The van der Waals surface area contributed by atoms with Crippen molar-refractivity contribution in [3.63, 3.8) is 0 Å². The highest BCUT2D eigenvalue weighted by Crippen LogP contribution is 2.19. The minimum absolute atomic E-state index is 0.0439. The Labute approximate surface area is 140 Å². The number of methoxy groups -OCH3 is 1. The number of nitrogen functional groups attached to an aromatic ring is 1. The molecular formula is C16H20N6O2. The lowest BCUT2D eigenvalue weighted by atomic mass is 10.1. The van der Waals surface area contributed by atoms with E-state index >= 15 is 0 Å². The normalized spacial score (nSPS) is 15.3. The first kappa shape index (κ1) is 16.1. The zero-order valence-electron chi connectivity index (χ0n) is 13.8. The summed E-state index contributed by atoms with van der Waals surface area (Å²) in [6.45, 7) is 3.29. The molecule has 1 fully saturated rings. The van der Waals surface area contributed by atoms with Gasteiger partial charge in [0.2, 0.25) is 5.95 Å². The number of hydrogen-bond donors (Lipinski definition) is 1. The third-order valence-electron chi connectivity index (χ3n) is 4.00. The van der Waals surface area contributed by atoms with Crippen LogP contribution < -0.4 is 10.5 Å². The maximum atomic E-state index is 12.5. The number of carbonyl (C=O) groups excluding carboxylic acids is 1. The molecule has 2 N–H and O–H groups in total. The van der Waals surface area contributed by atoms with Crippen molar-refractivity contribution in [2.75, 3.05) is 46.1 Å². The summed E-state index contributed by atoms with van der Waals surface area (Å²) in [6.07, 6.45) is 0. The predicted molar refractivity (Wildman–Crippen MR) is 89.6 cm³/mol. The Morgan fingerprint density at radius 2 is 1.75 bits per heavy atom. The highest BCUT2D eigenvalue weighted by molar-refractivity contribution is 5.94. The van der Waals surface area contributed by atoms with Gasteiger partial charge in [0.25, 0.3) is 5.91 Å². The van der Waals surface area contributed by atoms with E-state index in [1.54, 1.807) is 24.3 Å². The number of nitrogens with zero attached hydrogens (tertiary/aromatic N) is 5. The van der Waals surface area contributed by atoms with E-state index in [9.17, 15) is 4.79 Å². The molecule has 24 heavy (non-hydrogen) atoms. The average molecular weight is 328 g/mol. The van der Waals surface area contributed by atoms with E-state index in [2.05, 4.69) is 26.9 Å². The van der Waals surface area contributed by atoms with E-state index in [-0.39, 0.29) is 17.9 Å². The summed E-state index contributed by atoms with van der Waals surface area (Å²) >= 11 is 0. The van der Waals surface area contributed by atoms with Gasteiger partial charge in [-0.05, 0) is 19.2 Å². The number of amides is 1. The van der Waals surface area contributed by atoms with Gasteiger partial charge < -0.3 is 20.3 Å². The van der Waals surface area contributed by atoms with Crippen molar-refractivity contribution in [3.8, 4) is 17.4 Å². The molecule has 0 radical (unpaired) electrons. The zero-order valence-corrected chi connectivity index (χ0v) is 13.8. The summed E-state index contributed by atoms with van der Waals surface area (Å²) in [6, 6.07) is 7.33. The molecule has 0 bridgehead atoms. The smallest absolute Gasteiger partial charge is 0.321 e. The molecule has 0 saturated carbocycles. The molecule has 1 aromatic carbocycles. The van der Waals surface area contributed by atoms with Crippen molar-refractivity contribution >= 4 is 11.9 Å². The molecule has 1 amide bonds. The van der Waals surface area contributed by atoms with Crippen molar-refractivity contribution in [2.45, 2.75) is 0 Å². The zero-order chi connectivity index (χ0) is 17.1. The largest absolute Gasteiger partial charge is 0.467 e. The standard InChI is InChI=1S/C16H20N6O2/c1-21-7-9-22(10-8-21)14(23)12-5-3-11(4-6-12)13-18-15(17)20-16(19-13)24-2/h3-6H,7-10H2,1-2H3,(H2,17,18,19,20). The second-order valence-corrected chi connectivity index (χ2v) is 5.68. The summed E-state index contributed by atoms with van der Waals surface area (Å²) < 4.78 is 5.00. The summed E-state index contributed by atoms with van der Waals surface area (Å²) in [5, 5.41) is 0. The average Bonchev–Trinajstić information content (AvgIpc) is 2.61. The fraction of sp³-hybridized carbons (Fsp3) is 0.375. The highest BCUT2D eigenvalue weighted by Gasteiger charge is 2.20. The lowest BCUT2D eigenvalue weighted by Gasteiger charge is -2.32. The number of hydrogen-bond acceptors (Lipinski definition) is 7. The van der Waals surface area contributed by atoms with Crippen LogP contribution >= 0.6 is 0 Å². The van der Waals surface area contributed by atoms with E-state index < -0.39 is 0 Å². The number of rotatable bonds is 3. The molecule has 1 aliphatic heterocycles. The van der Waals surface area contributed by atoms with E-state index in [1.165, 1.54) is 7.11 Å². The summed E-state index contributed by atoms with van der Waals surface area (Å²) in [5.41, 5.74) is 7.05. The van der Waals surface area contributed by atoms with Crippen LogP contribution in [-0.2, 0) is 0 Å². The van der Waals surface area contributed by atoms with Crippen LogP contribution in [0.25, 0.3) is 11.4 Å². The first-order valence-corrected chi connectivity index (χ1v) is 7.70. The van der Waals surface area contributed by atoms with E-state index in [1.807, 2.05) is 4.90 Å². The number of likely N-dealkylation sites (N-methyl/N-ethyl adjacent to an activating group) is 1. The van der Waals surface area contributed by atoms with Gasteiger partial charge in [0, 0.05) is 37.3 Å². The molecule has 1 aromatic heterocycles. The monoisotopic (exact) mass is 328 g/mol. The fourth-order valence-corrected chi connectivity index (χ4v) is 2.55. The van der Waals surface area contributed by atoms with Crippen molar-refractivity contribution < 1.29 is 9.53 Å². The maximum absolute atomic E-state index is 12.5. The van der Waals surface area contributed by atoms with Crippen molar-refractivity contribution in [2.24, 2.45) is 0 Å². The molecule has 126 valence electrons. The van der Waals surface area contributed by atoms with Crippen LogP contribution in [0.3, 0.4) is 0 Å². The van der Waals surface area contributed by atoms with Gasteiger partial charge in [-0.3, -0.25) is 4.79 Å². The lowest BCUT2D eigenvalue weighted by molar-refractivity contribution is 0.0664. The number of benzene rings is 1. The Morgan fingerprint density at radius 1 is 1.08 bits per heavy atom. The quantitative estimate of drug-likeness (QED) is 0.877. The lowest BCUT2D eigenvalue weighted by Crippen LogP contribution is -2.47. The molecule has 3 rings (SSSR count). The van der Waals surface area contributed by atoms with Gasteiger partial charge in [-0.25, -0.2) is 0 Å². The molecule has 1 saturated heterocycles. The molecule has 0 spiro atoms. The van der Waals surface area contributed by atoms with Crippen molar-refractivity contribution in [3.05, 3.63) is 29.8 Å². The van der Waals surface area contributed by atoms with Crippen molar-refractivity contribution in [1.29, 1.82) is 0 Å². The Morgan fingerprint density at radius 3 is 2.38 bits per heavy atom. The van der Waals surface area contributed by atoms with Gasteiger partial charge in [-0.2, -0.15) is 15.0 Å². The van der Waals surface area contributed by atoms with Gasteiger partial charge >= 0.3 is 6.01 Å². The third kappa shape index (κ3) is 3.43. The molecule has 8 nitrogen and oxygen atoms in total. The van der Waals surface area contributed by atoms with Crippen LogP contribution in [0.15, 0.2) is 24.3 Å². The van der Waals surface area contributed by atoms with E-state index in [4.69, 9.17) is 10.5 Å². The van der Waals surface area contributed by atoms with Gasteiger partial charge in [0.05, 0.1) is 7.11 Å². The molecular weight excluding hydrogens is 308 g/mol. The third-order valence-corrected chi connectivity index (χ3v) is 4.00. The van der Waals surface area contributed by atoms with Crippen LogP contribution in [0.5, 0.6) is 6.01 Å². The van der Waals surface area contributed by atoms with Crippen LogP contribution in [0.1, 0.15) is 10.4 Å². The number of aromatic nitrogens is 3. The van der Waals surface area contributed by atoms with E-state index in [0.717, 1.165) is 31.7 Å². The Kier molecular flexibility index (Phi) is 4.57. The van der Waals surface area contributed by atoms with Gasteiger partial charge in [-0.15, -0.1) is 0 Å².